The molecule has 1 heterocycles. The maximum absolute atomic E-state index is 10.7. The number of aryl methyl sites for hydroxylation is 3. The summed E-state index contributed by atoms with van der Waals surface area (Å²) in [5.41, 5.74) is 3.14. The van der Waals surface area contributed by atoms with Crippen LogP contribution in [-0.4, -0.2) is 46.8 Å². The number of nitrogens with zero attached hydrogens (tertiary/aromatic N) is 4. The molecule has 0 atom stereocenters. The van der Waals surface area contributed by atoms with Gasteiger partial charge >= 0.3 is 0 Å². The second-order valence-corrected chi connectivity index (χ2v) is 6.42. The third-order valence-electron chi connectivity index (χ3n) is 4.07. The lowest BCUT2D eigenvalue weighted by molar-refractivity contribution is -0.384. The van der Waals surface area contributed by atoms with Crippen LogP contribution in [0.15, 0.2) is 35.3 Å². The smallest absolute Gasteiger partial charge is 0.269 e. The average Bonchev–Trinajstić information content (AvgIpc) is 2.99. The predicted octanol–water partition coefficient (Wildman–Crippen LogP) is 2.47. The summed E-state index contributed by atoms with van der Waals surface area (Å²) in [5, 5.41) is 24.9. The first-order valence-corrected chi connectivity index (χ1v) is 9.51. The highest BCUT2D eigenvalue weighted by Crippen LogP contribution is 2.14. The van der Waals surface area contributed by atoms with Crippen molar-refractivity contribution >= 4 is 17.3 Å². The van der Waals surface area contributed by atoms with Crippen LogP contribution in [-0.2, 0) is 6.54 Å². The van der Waals surface area contributed by atoms with Gasteiger partial charge in [-0.3, -0.25) is 19.8 Å². The molecule has 28 heavy (non-hydrogen) atoms. The standard InChI is InChI=1S/C19H29N7O2/c1-4-20-19(22-10-5-13-25-16(3)14-15(2)24-25)23-12-11-21-17-6-8-18(9-7-17)26(27)28/h6-9,14,21H,4-5,10-13H2,1-3H3,(H2,20,22,23). The van der Waals surface area contributed by atoms with Crippen molar-refractivity contribution in [3.05, 3.63) is 51.8 Å². The molecule has 0 aliphatic heterocycles. The van der Waals surface area contributed by atoms with Crippen molar-refractivity contribution in [2.24, 2.45) is 4.99 Å². The van der Waals surface area contributed by atoms with Gasteiger partial charge in [-0.1, -0.05) is 0 Å². The third kappa shape index (κ3) is 6.90. The molecule has 0 radical (unpaired) electrons. The van der Waals surface area contributed by atoms with E-state index in [4.69, 9.17) is 0 Å². The molecule has 0 spiro atoms. The SMILES string of the molecule is CCNC(=NCCCn1nc(C)cc1C)NCCNc1ccc([N+](=O)[O-])cc1. The van der Waals surface area contributed by atoms with Gasteiger partial charge in [0.2, 0.25) is 0 Å². The first-order valence-electron chi connectivity index (χ1n) is 9.51. The lowest BCUT2D eigenvalue weighted by Gasteiger charge is -2.12. The van der Waals surface area contributed by atoms with Crippen molar-refractivity contribution in [2.45, 2.75) is 33.7 Å². The van der Waals surface area contributed by atoms with Gasteiger partial charge in [0, 0.05) is 56.2 Å². The van der Waals surface area contributed by atoms with Crippen LogP contribution >= 0.6 is 0 Å². The molecule has 0 fully saturated rings. The average molecular weight is 387 g/mol. The number of aliphatic imine (C=N–C) groups is 1. The summed E-state index contributed by atoms with van der Waals surface area (Å²) in [4.78, 5) is 14.9. The molecule has 152 valence electrons. The number of rotatable bonds is 10. The van der Waals surface area contributed by atoms with Crippen molar-refractivity contribution in [3.63, 3.8) is 0 Å². The molecular weight excluding hydrogens is 358 g/mol. The molecular formula is C19H29N7O2. The Balaban J connectivity index is 1.71. The van der Waals surface area contributed by atoms with Crippen LogP contribution in [0.5, 0.6) is 0 Å². The van der Waals surface area contributed by atoms with Gasteiger partial charge in [-0.05, 0) is 45.4 Å². The van der Waals surface area contributed by atoms with E-state index in [9.17, 15) is 10.1 Å². The Labute approximate surface area is 165 Å². The summed E-state index contributed by atoms with van der Waals surface area (Å²) in [6, 6.07) is 8.47. The summed E-state index contributed by atoms with van der Waals surface area (Å²) in [6.45, 7) is 9.80. The first-order chi connectivity index (χ1) is 13.5. The van der Waals surface area contributed by atoms with Crippen molar-refractivity contribution < 1.29 is 4.92 Å². The molecule has 0 amide bonds. The second-order valence-electron chi connectivity index (χ2n) is 6.42. The van der Waals surface area contributed by atoms with Crippen molar-refractivity contribution in [2.75, 3.05) is 31.5 Å². The second kappa shape index (κ2) is 10.9. The normalized spacial score (nSPS) is 11.3. The van der Waals surface area contributed by atoms with Gasteiger partial charge < -0.3 is 16.0 Å². The van der Waals surface area contributed by atoms with Gasteiger partial charge in [-0.25, -0.2) is 0 Å². The van der Waals surface area contributed by atoms with E-state index < -0.39 is 4.92 Å². The summed E-state index contributed by atoms with van der Waals surface area (Å²) >= 11 is 0. The first kappa shape index (κ1) is 21.2. The summed E-state index contributed by atoms with van der Waals surface area (Å²) < 4.78 is 2.01. The number of nitrogens with one attached hydrogen (secondary N) is 3. The molecule has 0 aliphatic carbocycles. The van der Waals surface area contributed by atoms with Crippen LogP contribution in [0.25, 0.3) is 0 Å². The summed E-state index contributed by atoms with van der Waals surface area (Å²) in [6.07, 6.45) is 0.916. The molecule has 2 rings (SSSR count). The van der Waals surface area contributed by atoms with Crippen molar-refractivity contribution in [3.8, 4) is 0 Å². The third-order valence-corrected chi connectivity index (χ3v) is 4.07. The van der Waals surface area contributed by atoms with Gasteiger partial charge in [-0.15, -0.1) is 0 Å². The van der Waals surface area contributed by atoms with Crippen LogP contribution in [0.1, 0.15) is 24.7 Å². The summed E-state index contributed by atoms with van der Waals surface area (Å²) in [7, 11) is 0. The number of guanidine groups is 1. The molecule has 9 heteroatoms. The summed E-state index contributed by atoms with van der Waals surface area (Å²) in [5.74, 6) is 0.779. The van der Waals surface area contributed by atoms with E-state index in [1.165, 1.54) is 17.8 Å². The number of hydrogen-bond donors (Lipinski definition) is 3. The van der Waals surface area contributed by atoms with Crippen LogP contribution in [0, 0.1) is 24.0 Å². The van der Waals surface area contributed by atoms with E-state index in [1.54, 1.807) is 12.1 Å². The Morgan fingerprint density at radius 2 is 1.96 bits per heavy atom. The quantitative estimate of drug-likeness (QED) is 0.190. The molecule has 9 nitrogen and oxygen atoms in total. The zero-order valence-corrected chi connectivity index (χ0v) is 16.7. The molecule has 2 aromatic rings. The number of hydrogen-bond acceptors (Lipinski definition) is 5. The molecule has 3 N–H and O–H groups in total. The molecule has 0 unspecified atom stereocenters. The zero-order chi connectivity index (χ0) is 20.4. The predicted molar refractivity (Wildman–Crippen MR) is 112 cm³/mol. The highest BCUT2D eigenvalue weighted by Gasteiger charge is 2.04. The van der Waals surface area contributed by atoms with E-state index in [-0.39, 0.29) is 5.69 Å². The molecule has 0 saturated heterocycles. The van der Waals surface area contributed by atoms with E-state index in [0.29, 0.717) is 19.6 Å². The number of nitro benzene ring substituents is 1. The number of benzene rings is 1. The Bertz CT molecular complexity index is 784. The van der Waals surface area contributed by atoms with Crippen molar-refractivity contribution in [1.82, 2.24) is 20.4 Å². The number of aromatic nitrogens is 2. The molecule has 1 aromatic heterocycles. The Morgan fingerprint density at radius 1 is 1.21 bits per heavy atom. The Kier molecular flexibility index (Phi) is 8.26. The van der Waals surface area contributed by atoms with Crippen LogP contribution in [0.4, 0.5) is 11.4 Å². The van der Waals surface area contributed by atoms with E-state index in [2.05, 4.69) is 39.0 Å². The molecule has 0 saturated carbocycles. The van der Waals surface area contributed by atoms with Crippen LogP contribution in [0.2, 0.25) is 0 Å². The lowest BCUT2D eigenvalue weighted by atomic mass is 10.3. The Morgan fingerprint density at radius 3 is 2.57 bits per heavy atom. The largest absolute Gasteiger partial charge is 0.383 e. The highest BCUT2D eigenvalue weighted by molar-refractivity contribution is 5.79. The minimum Gasteiger partial charge on any atom is -0.383 e. The van der Waals surface area contributed by atoms with Crippen LogP contribution in [0.3, 0.4) is 0 Å². The topological polar surface area (TPSA) is 109 Å². The van der Waals surface area contributed by atoms with Crippen LogP contribution < -0.4 is 16.0 Å². The van der Waals surface area contributed by atoms with Gasteiger partial charge in [-0.2, -0.15) is 5.10 Å². The fraction of sp³-hybridized carbons (Fsp3) is 0.474. The minimum atomic E-state index is -0.403. The maximum Gasteiger partial charge on any atom is 0.269 e. The number of non-ortho nitro benzene ring substituents is 1. The van der Waals surface area contributed by atoms with Gasteiger partial charge in [0.05, 0.1) is 10.6 Å². The number of nitro groups is 1. The van der Waals surface area contributed by atoms with E-state index in [0.717, 1.165) is 36.9 Å². The maximum atomic E-state index is 10.7. The van der Waals surface area contributed by atoms with Crippen molar-refractivity contribution in [1.29, 1.82) is 0 Å². The van der Waals surface area contributed by atoms with Gasteiger partial charge in [0.1, 0.15) is 0 Å². The Hall–Kier alpha value is -3.10. The molecule has 0 aliphatic rings. The fourth-order valence-corrected chi connectivity index (χ4v) is 2.74. The molecule has 0 bridgehead atoms. The van der Waals surface area contributed by atoms with E-state index in [1.807, 2.05) is 18.5 Å². The lowest BCUT2D eigenvalue weighted by Crippen LogP contribution is -2.39. The molecule has 1 aromatic carbocycles. The zero-order valence-electron chi connectivity index (χ0n) is 16.7. The fourth-order valence-electron chi connectivity index (χ4n) is 2.74. The highest BCUT2D eigenvalue weighted by atomic mass is 16.6. The number of anilines is 1. The minimum absolute atomic E-state index is 0.0886. The van der Waals surface area contributed by atoms with Gasteiger partial charge in [0.25, 0.3) is 5.69 Å². The van der Waals surface area contributed by atoms with Gasteiger partial charge in [0.15, 0.2) is 5.96 Å². The van der Waals surface area contributed by atoms with E-state index >= 15 is 0 Å². The monoisotopic (exact) mass is 387 g/mol.